The zero-order valence-corrected chi connectivity index (χ0v) is 41.4. The first-order valence-electron chi connectivity index (χ1n) is 31.4. The number of nitrogens with zero attached hydrogens (tertiary/aromatic N) is 5. The lowest BCUT2D eigenvalue weighted by Gasteiger charge is -2.35. The third-order valence-corrected chi connectivity index (χ3v) is 19.5. The first-order valence-corrected chi connectivity index (χ1v) is 26.9. The first kappa shape index (κ1) is 32.3. The fourth-order valence-corrected chi connectivity index (χ4v) is 16.4. The molecule has 15 rings (SSSR count). The molecule has 0 radical (unpaired) electrons. The van der Waals surface area contributed by atoms with E-state index in [0.29, 0.717) is 49.6 Å². The van der Waals surface area contributed by atoms with E-state index in [1.54, 1.807) is 34.9 Å². The zero-order valence-electron chi connectivity index (χ0n) is 53.4. The van der Waals surface area contributed by atoms with Crippen molar-refractivity contribution in [3.8, 4) is 39.8 Å². The summed E-state index contributed by atoms with van der Waals surface area (Å²) in [7, 11) is -3.39. The van der Waals surface area contributed by atoms with Gasteiger partial charge in [0.25, 0.3) is 0 Å². The minimum Gasteiger partial charge on any atom is -0.309 e. The van der Waals surface area contributed by atoms with Crippen molar-refractivity contribution >= 4 is 94.2 Å². The molecule has 0 aliphatic rings. The zero-order chi connectivity index (χ0) is 61.5. The van der Waals surface area contributed by atoms with Crippen LogP contribution in [0.25, 0.3) is 105 Å². The van der Waals surface area contributed by atoms with Crippen molar-refractivity contribution in [3.05, 3.63) is 285 Å². The molecule has 5 nitrogen and oxygen atoms in total. The molecule has 4 heterocycles. The molecule has 0 N–H and O–H groups in total. The van der Waals surface area contributed by atoms with Gasteiger partial charge in [-0.15, -0.1) is 0 Å². The number of hydrogen-bond acceptors (Lipinski definition) is 2. The van der Waals surface area contributed by atoms with Gasteiger partial charge in [0.2, 0.25) is 5.95 Å². The SMILES string of the molecule is [2H]c1c([2H])c([2H])c(-c2cc(-c3cc([Si](c4ccccc4)(c4ccccc4)c4ccccc4)ccc3-n3c4ccccc4c4cc(-n5c6ccccc6c6c([2H])c([2H])c([2H])c([2H])c65)ccc43)nc(-n3c4ccccc4c4c([2H])c([2H])c([2H])c([2H])c43)n2)c([2H])c1[2H]. The summed E-state index contributed by atoms with van der Waals surface area (Å²) in [5.41, 5.74) is 4.91. The third kappa shape index (κ3) is 6.71. The van der Waals surface area contributed by atoms with Gasteiger partial charge in [0.05, 0.1) is 68.0 Å². The molecular formula is C70H47N5Si. The van der Waals surface area contributed by atoms with Gasteiger partial charge in [-0.2, -0.15) is 0 Å². The quantitative estimate of drug-likeness (QED) is 0.107. The lowest BCUT2D eigenvalue weighted by Crippen LogP contribution is -2.74. The summed E-state index contributed by atoms with van der Waals surface area (Å²) in [6.45, 7) is 0. The maximum absolute atomic E-state index is 9.50. The van der Waals surface area contributed by atoms with E-state index in [0.717, 1.165) is 42.6 Å². The highest BCUT2D eigenvalue weighted by molar-refractivity contribution is 7.20. The van der Waals surface area contributed by atoms with E-state index in [-0.39, 0.29) is 70.1 Å². The van der Waals surface area contributed by atoms with Crippen LogP contribution in [0.1, 0.15) is 17.8 Å². The molecular weight excluding hydrogens is 939 g/mol. The minimum absolute atomic E-state index is 0.0428. The Labute approximate surface area is 458 Å². The summed E-state index contributed by atoms with van der Waals surface area (Å²) in [5.74, 6) is -0.0920. The predicted molar refractivity (Wildman–Crippen MR) is 320 cm³/mol. The molecule has 6 heteroatoms. The van der Waals surface area contributed by atoms with Gasteiger partial charge in [-0.05, 0) is 81.4 Å². The molecule has 11 aromatic carbocycles. The summed E-state index contributed by atoms with van der Waals surface area (Å²) >= 11 is 0. The molecule has 0 aliphatic heterocycles. The van der Waals surface area contributed by atoms with Gasteiger partial charge in [0.15, 0.2) is 8.07 Å². The van der Waals surface area contributed by atoms with E-state index < -0.39 is 50.4 Å². The second-order valence-electron chi connectivity index (χ2n) is 18.7. The molecule has 0 atom stereocenters. The normalized spacial score (nSPS) is 14.3. The van der Waals surface area contributed by atoms with E-state index in [4.69, 9.17) is 20.9 Å². The van der Waals surface area contributed by atoms with Crippen LogP contribution in [0.4, 0.5) is 0 Å². The summed E-state index contributed by atoms with van der Waals surface area (Å²) in [6, 6.07) is 62.6. The Kier molecular flexibility index (Phi) is 7.51. The van der Waals surface area contributed by atoms with Crippen molar-refractivity contribution in [2.45, 2.75) is 0 Å². The molecule has 0 saturated carbocycles. The van der Waals surface area contributed by atoms with Gasteiger partial charge >= 0.3 is 0 Å². The Balaban J connectivity index is 1.10. The molecule has 356 valence electrons. The van der Waals surface area contributed by atoms with E-state index >= 15 is 0 Å². The highest BCUT2D eigenvalue weighted by Gasteiger charge is 2.42. The molecule has 0 spiro atoms. The van der Waals surface area contributed by atoms with Crippen molar-refractivity contribution in [1.29, 1.82) is 0 Å². The van der Waals surface area contributed by atoms with Crippen molar-refractivity contribution < 1.29 is 17.8 Å². The Hall–Kier alpha value is -9.88. The van der Waals surface area contributed by atoms with E-state index in [1.165, 1.54) is 0 Å². The minimum atomic E-state index is -3.39. The van der Waals surface area contributed by atoms with Gasteiger partial charge in [-0.3, -0.25) is 4.57 Å². The van der Waals surface area contributed by atoms with Crippen LogP contribution in [0.5, 0.6) is 0 Å². The molecule has 0 aliphatic carbocycles. The van der Waals surface area contributed by atoms with E-state index in [9.17, 15) is 6.85 Å². The number of benzene rings is 11. The Bertz CT molecular complexity index is 5370. The van der Waals surface area contributed by atoms with Crippen molar-refractivity contribution in [2.24, 2.45) is 0 Å². The fraction of sp³-hybridized carbons (Fsp3) is 0. The van der Waals surface area contributed by atoms with Gasteiger partial charge in [-0.25, -0.2) is 9.97 Å². The predicted octanol–water partition coefficient (Wildman–Crippen LogP) is 14.5. The molecule has 0 saturated heterocycles. The summed E-state index contributed by atoms with van der Waals surface area (Å²) < 4.78 is 123. The molecule has 0 amide bonds. The topological polar surface area (TPSA) is 40.6 Å². The van der Waals surface area contributed by atoms with Crippen molar-refractivity contribution in [2.75, 3.05) is 0 Å². The fourth-order valence-electron chi connectivity index (χ4n) is 11.6. The summed E-state index contributed by atoms with van der Waals surface area (Å²) in [5, 5.41) is 7.65. The number of aromatic nitrogens is 5. The van der Waals surface area contributed by atoms with Crippen LogP contribution < -0.4 is 20.7 Å². The Morgan fingerprint density at radius 2 is 0.789 bits per heavy atom. The van der Waals surface area contributed by atoms with Crippen molar-refractivity contribution in [3.63, 3.8) is 0 Å². The third-order valence-electron chi connectivity index (χ3n) is 14.8. The number of fused-ring (bicyclic) bond motifs is 9. The second-order valence-corrected chi connectivity index (χ2v) is 22.5. The maximum Gasteiger partial charge on any atom is 0.235 e. The summed E-state index contributed by atoms with van der Waals surface area (Å²) in [4.78, 5) is 10.6. The maximum atomic E-state index is 9.50. The van der Waals surface area contributed by atoms with Crippen LogP contribution in [-0.4, -0.2) is 31.7 Å². The monoisotopic (exact) mass is 998 g/mol. The Morgan fingerprint density at radius 3 is 1.39 bits per heavy atom. The molecule has 0 fully saturated rings. The van der Waals surface area contributed by atoms with Gasteiger partial charge < -0.3 is 9.13 Å². The smallest absolute Gasteiger partial charge is 0.235 e. The van der Waals surface area contributed by atoms with Crippen LogP contribution in [0, 0.1) is 0 Å². The van der Waals surface area contributed by atoms with Crippen molar-refractivity contribution in [1.82, 2.24) is 23.7 Å². The number of hydrogen-bond donors (Lipinski definition) is 0. The Morgan fingerprint density at radius 1 is 0.316 bits per heavy atom. The van der Waals surface area contributed by atoms with Crippen LogP contribution in [0.2, 0.25) is 0 Å². The van der Waals surface area contributed by atoms with Crippen LogP contribution in [-0.2, 0) is 0 Å². The second kappa shape index (κ2) is 17.7. The van der Waals surface area contributed by atoms with E-state index in [2.05, 4.69) is 59.2 Å². The molecule has 0 unspecified atom stereocenters. The van der Waals surface area contributed by atoms with Crippen LogP contribution in [0.3, 0.4) is 0 Å². The number of rotatable bonds is 9. The van der Waals surface area contributed by atoms with Gasteiger partial charge in [-0.1, -0.05) is 224 Å². The van der Waals surface area contributed by atoms with Crippen LogP contribution >= 0.6 is 0 Å². The van der Waals surface area contributed by atoms with Gasteiger partial charge in [0.1, 0.15) is 0 Å². The average Bonchev–Trinajstić information content (AvgIpc) is 1.69. The molecule has 4 aromatic heterocycles. The lowest BCUT2D eigenvalue weighted by atomic mass is 10.1. The highest BCUT2D eigenvalue weighted by Crippen LogP contribution is 2.40. The first-order chi connectivity index (χ1) is 43.1. The van der Waals surface area contributed by atoms with E-state index in [1.807, 2.05) is 126 Å². The van der Waals surface area contributed by atoms with Crippen LogP contribution in [0.15, 0.2) is 285 Å². The average molecular weight is 999 g/mol. The standard InChI is InChI=1S/C70H47N5Si/c1-5-23-48(24-6-1)61-47-62(72-70(71-61)75-66-39-21-15-33-56(66)57-34-16-22-40-67(57)75)60-46-53(76(50-25-7-2-8-26-50,51-27-9-3-10-28-51)52-29-11-4-12-30-52)42-44-69(60)74-65-38-20-17-35-58(65)59-45-49(41-43-68(59)74)73-63-36-18-13-31-54(63)55-32-14-19-37-64(55)73/h1-47H/i1D,5D,6D,13D,15D,18D,21D,23D,24D,31D,33D,36D,39D. The number of para-hydroxylation sites is 5. The summed E-state index contributed by atoms with van der Waals surface area (Å²) in [6.07, 6.45) is 0. The molecule has 15 aromatic rings. The molecule has 0 bridgehead atoms. The largest absolute Gasteiger partial charge is 0.309 e. The highest BCUT2D eigenvalue weighted by atomic mass is 28.3. The van der Waals surface area contributed by atoms with Gasteiger partial charge in [0, 0.05) is 49.1 Å². The lowest BCUT2D eigenvalue weighted by molar-refractivity contribution is 0.994. The molecule has 76 heavy (non-hydrogen) atoms.